The topological polar surface area (TPSA) is 57.5 Å². The minimum absolute atomic E-state index is 0.432. The molecule has 0 bridgehead atoms. The second-order valence-corrected chi connectivity index (χ2v) is 7.26. The fourth-order valence-corrected chi connectivity index (χ4v) is 3.67. The van der Waals surface area contributed by atoms with Gasteiger partial charge in [-0.05, 0) is 51.9 Å². The van der Waals surface area contributed by atoms with Gasteiger partial charge in [-0.3, -0.25) is 0 Å². The van der Waals surface area contributed by atoms with Crippen molar-refractivity contribution in [3.05, 3.63) is 114 Å². The fourth-order valence-electron chi connectivity index (χ4n) is 3.67. The molecule has 0 heterocycles. The summed E-state index contributed by atoms with van der Waals surface area (Å²) in [6.45, 7) is 0. The predicted octanol–water partition coefficient (Wildman–Crippen LogP) is 6.49. The molecule has 0 unspecified atom stereocenters. The van der Waals surface area contributed by atoms with Crippen molar-refractivity contribution in [1.29, 1.82) is 0 Å². The van der Waals surface area contributed by atoms with E-state index in [9.17, 15) is 15.0 Å². The van der Waals surface area contributed by atoms with E-state index in [-0.39, 0.29) is 0 Å². The standard InChI is InChI=1S/C27H22O3/c28-26(27(29)30)25(24-16-15-21-8-4-5-9-23(21)18-24)17-12-19-10-13-22(14-11-19)20-6-2-1-3-7-20/h1-11,13-16,18,28H,12,17H2,(H,29,30)/b26-25+. The lowest BCUT2D eigenvalue weighted by atomic mass is 9.94. The molecule has 0 amide bonds. The molecule has 0 aromatic heterocycles. The Morgan fingerprint density at radius 3 is 2.00 bits per heavy atom. The van der Waals surface area contributed by atoms with Crippen LogP contribution in [0.25, 0.3) is 27.5 Å². The number of carbonyl (C=O) groups is 1. The second kappa shape index (κ2) is 8.66. The molecule has 4 aromatic rings. The predicted molar refractivity (Wildman–Crippen MR) is 121 cm³/mol. The SMILES string of the molecule is O=C(O)/C(O)=C(/CCc1ccc(-c2ccccc2)cc1)c1ccc2ccccc2c1. The third kappa shape index (κ3) is 4.26. The average molecular weight is 394 g/mol. The van der Waals surface area contributed by atoms with Gasteiger partial charge >= 0.3 is 5.97 Å². The van der Waals surface area contributed by atoms with E-state index in [1.807, 2.05) is 60.7 Å². The summed E-state index contributed by atoms with van der Waals surface area (Å²) in [6, 6.07) is 32.1. The van der Waals surface area contributed by atoms with E-state index < -0.39 is 11.7 Å². The van der Waals surface area contributed by atoms with Crippen molar-refractivity contribution in [2.75, 3.05) is 0 Å². The molecule has 4 rings (SSSR count). The maximum absolute atomic E-state index is 11.5. The van der Waals surface area contributed by atoms with Crippen LogP contribution < -0.4 is 0 Å². The van der Waals surface area contributed by atoms with Gasteiger partial charge in [0.25, 0.3) is 0 Å². The van der Waals surface area contributed by atoms with E-state index in [2.05, 4.69) is 36.4 Å². The van der Waals surface area contributed by atoms with Crippen LogP contribution in [0.1, 0.15) is 17.5 Å². The highest BCUT2D eigenvalue weighted by atomic mass is 16.4. The quantitative estimate of drug-likeness (QED) is 0.290. The number of aryl methyl sites for hydroxylation is 1. The highest BCUT2D eigenvalue weighted by molar-refractivity contribution is 5.95. The molecule has 0 fully saturated rings. The maximum Gasteiger partial charge on any atom is 0.371 e. The number of carboxylic acid groups (broad SMARTS) is 1. The first-order chi connectivity index (χ1) is 14.6. The zero-order chi connectivity index (χ0) is 20.9. The first-order valence-electron chi connectivity index (χ1n) is 9.91. The maximum atomic E-state index is 11.5. The first-order valence-corrected chi connectivity index (χ1v) is 9.91. The highest BCUT2D eigenvalue weighted by Crippen LogP contribution is 2.28. The Balaban J connectivity index is 1.58. The largest absolute Gasteiger partial charge is 0.502 e. The molecule has 0 aliphatic heterocycles. The monoisotopic (exact) mass is 394 g/mol. The van der Waals surface area contributed by atoms with Gasteiger partial charge in [-0.15, -0.1) is 0 Å². The van der Waals surface area contributed by atoms with Crippen LogP contribution in [0, 0.1) is 0 Å². The number of carboxylic acids is 1. The summed E-state index contributed by atoms with van der Waals surface area (Å²) >= 11 is 0. The second-order valence-electron chi connectivity index (χ2n) is 7.26. The molecule has 30 heavy (non-hydrogen) atoms. The van der Waals surface area contributed by atoms with E-state index in [4.69, 9.17) is 0 Å². The van der Waals surface area contributed by atoms with Gasteiger partial charge in [0, 0.05) is 5.57 Å². The summed E-state index contributed by atoms with van der Waals surface area (Å²) in [5, 5.41) is 21.7. The van der Waals surface area contributed by atoms with Crippen LogP contribution in [0.4, 0.5) is 0 Å². The number of aliphatic hydroxyl groups excluding tert-OH is 1. The van der Waals surface area contributed by atoms with E-state index in [0.29, 0.717) is 18.4 Å². The molecule has 3 nitrogen and oxygen atoms in total. The van der Waals surface area contributed by atoms with Crippen LogP contribution in [0.5, 0.6) is 0 Å². The number of hydrogen-bond acceptors (Lipinski definition) is 2. The van der Waals surface area contributed by atoms with Crippen LogP contribution in [0.15, 0.2) is 103 Å². The Bertz CT molecular complexity index is 1210. The summed E-state index contributed by atoms with van der Waals surface area (Å²) in [5.41, 5.74) is 4.56. The number of allylic oxidation sites excluding steroid dienone is 1. The molecule has 3 heteroatoms. The number of hydrogen-bond donors (Lipinski definition) is 2. The molecule has 0 saturated heterocycles. The Morgan fingerprint density at radius 2 is 1.30 bits per heavy atom. The Labute approximate surface area is 175 Å². The molecular formula is C27H22O3. The Morgan fingerprint density at radius 1 is 0.667 bits per heavy atom. The highest BCUT2D eigenvalue weighted by Gasteiger charge is 2.15. The van der Waals surface area contributed by atoms with Crippen molar-refractivity contribution >= 4 is 22.3 Å². The molecule has 0 saturated carbocycles. The van der Waals surface area contributed by atoms with Crippen LogP contribution in [-0.4, -0.2) is 16.2 Å². The van der Waals surface area contributed by atoms with Crippen LogP contribution in [0.3, 0.4) is 0 Å². The summed E-state index contributed by atoms with van der Waals surface area (Å²) in [7, 11) is 0. The number of aliphatic carboxylic acids is 1. The number of fused-ring (bicyclic) bond motifs is 1. The van der Waals surface area contributed by atoms with E-state index in [1.54, 1.807) is 0 Å². The van der Waals surface area contributed by atoms with E-state index in [1.165, 1.54) is 0 Å². The van der Waals surface area contributed by atoms with Crippen molar-refractivity contribution in [2.24, 2.45) is 0 Å². The minimum atomic E-state index is -1.31. The summed E-state index contributed by atoms with van der Waals surface area (Å²) in [4.78, 5) is 11.5. The average Bonchev–Trinajstić information content (AvgIpc) is 2.80. The van der Waals surface area contributed by atoms with Crippen molar-refractivity contribution in [2.45, 2.75) is 12.8 Å². The van der Waals surface area contributed by atoms with Crippen molar-refractivity contribution in [3.8, 4) is 11.1 Å². The Kier molecular flexibility index (Phi) is 5.62. The number of rotatable bonds is 6. The van der Waals surface area contributed by atoms with Crippen molar-refractivity contribution in [1.82, 2.24) is 0 Å². The van der Waals surface area contributed by atoms with Gasteiger partial charge in [-0.25, -0.2) is 4.79 Å². The molecule has 0 aliphatic carbocycles. The van der Waals surface area contributed by atoms with Crippen molar-refractivity contribution in [3.63, 3.8) is 0 Å². The van der Waals surface area contributed by atoms with Gasteiger partial charge in [0.15, 0.2) is 0 Å². The molecule has 148 valence electrons. The smallest absolute Gasteiger partial charge is 0.371 e. The normalized spacial score (nSPS) is 11.9. The first kappa shape index (κ1) is 19.5. The number of benzene rings is 4. The molecule has 2 N–H and O–H groups in total. The van der Waals surface area contributed by atoms with Crippen LogP contribution in [-0.2, 0) is 11.2 Å². The molecule has 0 spiro atoms. The summed E-state index contributed by atoms with van der Waals surface area (Å²) in [6.07, 6.45) is 1.07. The minimum Gasteiger partial charge on any atom is -0.502 e. The van der Waals surface area contributed by atoms with Gasteiger partial charge in [-0.2, -0.15) is 0 Å². The van der Waals surface area contributed by atoms with Gasteiger partial charge in [-0.1, -0.05) is 91.0 Å². The van der Waals surface area contributed by atoms with Crippen LogP contribution >= 0.6 is 0 Å². The lowest BCUT2D eigenvalue weighted by Crippen LogP contribution is -2.04. The Hall–Kier alpha value is -3.85. The van der Waals surface area contributed by atoms with E-state index >= 15 is 0 Å². The molecule has 0 atom stereocenters. The van der Waals surface area contributed by atoms with Gasteiger partial charge in [0.1, 0.15) is 0 Å². The summed E-state index contributed by atoms with van der Waals surface area (Å²) < 4.78 is 0. The third-order valence-corrected chi connectivity index (χ3v) is 5.31. The van der Waals surface area contributed by atoms with Gasteiger partial charge in [0.05, 0.1) is 0 Å². The molecular weight excluding hydrogens is 372 g/mol. The lowest BCUT2D eigenvalue weighted by molar-refractivity contribution is -0.135. The van der Waals surface area contributed by atoms with Crippen LogP contribution in [0.2, 0.25) is 0 Å². The summed E-state index contributed by atoms with van der Waals surface area (Å²) in [5.74, 6) is -1.90. The third-order valence-electron chi connectivity index (χ3n) is 5.31. The van der Waals surface area contributed by atoms with Gasteiger partial charge in [0.2, 0.25) is 5.76 Å². The lowest BCUT2D eigenvalue weighted by Gasteiger charge is -2.11. The van der Waals surface area contributed by atoms with Gasteiger partial charge < -0.3 is 10.2 Å². The zero-order valence-corrected chi connectivity index (χ0v) is 16.5. The van der Waals surface area contributed by atoms with Crippen molar-refractivity contribution < 1.29 is 15.0 Å². The van der Waals surface area contributed by atoms with E-state index in [0.717, 1.165) is 33.0 Å². The molecule has 0 aliphatic rings. The molecule has 4 aromatic carbocycles. The molecule has 0 radical (unpaired) electrons. The number of aliphatic hydroxyl groups is 1. The fraction of sp³-hybridized carbons (Fsp3) is 0.0741. The zero-order valence-electron chi connectivity index (χ0n) is 16.5.